The monoisotopic (exact) mass is 589 g/mol. The zero-order valence-corrected chi connectivity index (χ0v) is 25.6. The molecule has 0 radical (unpaired) electrons. The van der Waals surface area contributed by atoms with Gasteiger partial charge in [-0.15, -0.1) is 0 Å². The summed E-state index contributed by atoms with van der Waals surface area (Å²) in [6, 6.07) is 14.2. The Balaban J connectivity index is 1.04. The van der Waals surface area contributed by atoms with E-state index >= 15 is 0 Å². The summed E-state index contributed by atoms with van der Waals surface area (Å²) >= 11 is 0. The molecular formula is C34H47N5O4. The van der Waals surface area contributed by atoms with Crippen LogP contribution in [0, 0.1) is 5.41 Å². The molecule has 5 rings (SSSR count). The second-order valence-electron chi connectivity index (χ2n) is 12.3. The lowest BCUT2D eigenvalue weighted by atomic mass is 9.73. The fourth-order valence-electron chi connectivity index (χ4n) is 6.90. The maximum absolute atomic E-state index is 13.3. The first-order valence-electron chi connectivity index (χ1n) is 16.1. The summed E-state index contributed by atoms with van der Waals surface area (Å²) in [7, 11) is 0. The molecule has 3 aliphatic rings. The average Bonchev–Trinajstić information content (AvgIpc) is 3.52. The number of para-hydroxylation sites is 1. The lowest BCUT2D eigenvalue weighted by Gasteiger charge is -2.41. The highest BCUT2D eigenvalue weighted by atomic mass is 16.5. The summed E-state index contributed by atoms with van der Waals surface area (Å²) in [6.45, 7) is 6.48. The Morgan fingerprint density at radius 1 is 1.05 bits per heavy atom. The van der Waals surface area contributed by atoms with Crippen LogP contribution in [0.4, 0.5) is 0 Å². The molecule has 43 heavy (non-hydrogen) atoms. The maximum Gasteiger partial charge on any atom is 0.226 e. The van der Waals surface area contributed by atoms with Crippen molar-refractivity contribution in [1.82, 2.24) is 25.4 Å². The summed E-state index contributed by atoms with van der Waals surface area (Å²) in [5.74, 6) is 1.20. The molecule has 1 aromatic heterocycles. The smallest absolute Gasteiger partial charge is 0.226 e. The highest BCUT2D eigenvalue weighted by Gasteiger charge is 2.40. The molecule has 2 N–H and O–H groups in total. The fourth-order valence-corrected chi connectivity index (χ4v) is 6.90. The molecular weight excluding hydrogens is 542 g/mol. The van der Waals surface area contributed by atoms with Crippen molar-refractivity contribution in [3.8, 4) is 5.75 Å². The number of ether oxygens (including phenoxy) is 1. The molecule has 232 valence electrons. The molecule has 3 aliphatic heterocycles. The van der Waals surface area contributed by atoms with Crippen molar-refractivity contribution >= 4 is 17.7 Å². The molecule has 0 saturated carbocycles. The normalized spacial score (nSPS) is 21.2. The summed E-state index contributed by atoms with van der Waals surface area (Å²) in [5.41, 5.74) is 2.73. The number of hydrogen-bond donors (Lipinski definition) is 2. The molecule has 2 fully saturated rings. The van der Waals surface area contributed by atoms with E-state index in [4.69, 9.17) is 9.72 Å². The molecule has 2 saturated heterocycles. The number of nitrogens with one attached hydrogen (secondary N) is 2. The topological polar surface area (TPSA) is 104 Å². The first kappa shape index (κ1) is 31.0. The average molecular weight is 590 g/mol. The lowest BCUT2D eigenvalue weighted by Crippen LogP contribution is -2.50. The minimum atomic E-state index is -0.319. The second-order valence-corrected chi connectivity index (χ2v) is 12.3. The van der Waals surface area contributed by atoms with Crippen molar-refractivity contribution in [1.29, 1.82) is 0 Å². The van der Waals surface area contributed by atoms with E-state index in [1.807, 2.05) is 35.2 Å². The van der Waals surface area contributed by atoms with E-state index in [1.54, 1.807) is 6.92 Å². The lowest BCUT2D eigenvalue weighted by molar-refractivity contribution is -0.134. The van der Waals surface area contributed by atoms with E-state index < -0.39 is 0 Å². The van der Waals surface area contributed by atoms with Gasteiger partial charge < -0.3 is 25.2 Å². The SMILES string of the molecule is CC(=O)N1CCCC1c1cccc(CCC(=O)NCCN2CCC3(CCCCc4ccccc4OCCNC3=O)CC2)n1. The Hall–Kier alpha value is -3.46. The Bertz CT molecular complexity index is 1260. The van der Waals surface area contributed by atoms with Gasteiger partial charge >= 0.3 is 0 Å². The van der Waals surface area contributed by atoms with E-state index in [-0.39, 0.29) is 29.2 Å². The van der Waals surface area contributed by atoms with Crippen molar-refractivity contribution in [3.63, 3.8) is 0 Å². The van der Waals surface area contributed by atoms with Crippen molar-refractivity contribution in [2.75, 3.05) is 45.9 Å². The van der Waals surface area contributed by atoms with Crippen molar-refractivity contribution < 1.29 is 19.1 Å². The van der Waals surface area contributed by atoms with E-state index in [1.165, 1.54) is 5.56 Å². The molecule has 4 heterocycles. The fraction of sp³-hybridized carbons (Fsp3) is 0.588. The Kier molecular flexibility index (Phi) is 10.7. The second kappa shape index (κ2) is 14.8. The van der Waals surface area contributed by atoms with Crippen LogP contribution in [0.2, 0.25) is 0 Å². The third-order valence-corrected chi connectivity index (χ3v) is 9.45. The van der Waals surface area contributed by atoms with Crippen LogP contribution in [0.5, 0.6) is 5.75 Å². The number of amides is 3. The largest absolute Gasteiger partial charge is 0.491 e. The van der Waals surface area contributed by atoms with Gasteiger partial charge in [-0.1, -0.05) is 30.7 Å². The quantitative estimate of drug-likeness (QED) is 0.509. The van der Waals surface area contributed by atoms with E-state index in [2.05, 4.69) is 27.7 Å². The predicted octanol–water partition coefficient (Wildman–Crippen LogP) is 3.82. The molecule has 1 atom stereocenters. The van der Waals surface area contributed by atoms with Gasteiger partial charge in [0.1, 0.15) is 12.4 Å². The van der Waals surface area contributed by atoms with Gasteiger partial charge in [0.2, 0.25) is 17.7 Å². The first-order valence-corrected chi connectivity index (χ1v) is 16.1. The number of carbonyl (C=O) groups is 3. The zero-order valence-electron chi connectivity index (χ0n) is 25.6. The summed E-state index contributed by atoms with van der Waals surface area (Å²) in [5, 5.41) is 6.23. The minimum Gasteiger partial charge on any atom is -0.491 e. The number of aromatic nitrogens is 1. The highest BCUT2D eigenvalue weighted by molar-refractivity contribution is 5.82. The zero-order chi connectivity index (χ0) is 30.1. The number of carbonyl (C=O) groups excluding carboxylic acids is 3. The molecule has 1 aromatic carbocycles. The molecule has 3 amide bonds. The Morgan fingerprint density at radius 3 is 2.72 bits per heavy atom. The molecule has 9 heteroatoms. The third-order valence-electron chi connectivity index (χ3n) is 9.45. The number of benzene rings is 1. The van der Waals surface area contributed by atoms with Crippen LogP contribution < -0.4 is 15.4 Å². The van der Waals surface area contributed by atoms with E-state index in [9.17, 15) is 14.4 Å². The highest BCUT2D eigenvalue weighted by Crippen LogP contribution is 2.37. The maximum atomic E-state index is 13.3. The molecule has 1 unspecified atom stereocenters. The Morgan fingerprint density at radius 2 is 1.88 bits per heavy atom. The standard InChI is InChI=1S/C34H47N5O4/c1-26(40)39-21-7-12-30(39)29-11-6-10-28(37-29)14-15-32(41)35-19-24-38-22-17-34(18-23-38)16-5-4-9-27-8-2-3-13-31(27)43-25-20-36-33(34)42/h2-3,6,8,10-11,13,30H,4-5,7,9,12,14-25H2,1H3,(H,35,41)(H,36,42). The van der Waals surface area contributed by atoms with Gasteiger partial charge in [-0.2, -0.15) is 0 Å². The number of hydrogen-bond acceptors (Lipinski definition) is 6. The molecule has 1 spiro atoms. The predicted molar refractivity (Wildman–Crippen MR) is 166 cm³/mol. The van der Waals surface area contributed by atoms with Gasteiger partial charge in [0.05, 0.1) is 23.7 Å². The van der Waals surface area contributed by atoms with Crippen LogP contribution in [0.3, 0.4) is 0 Å². The number of fused-ring (bicyclic) bond motifs is 1. The van der Waals surface area contributed by atoms with Crippen LogP contribution in [-0.2, 0) is 27.2 Å². The number of rotatable bonds is 7. The van der Waals surface area contributed by atoms with Crippen LogP contribution in [0.25, 0.3) is 0 Å². The van der Waals surface area contributed by atoms with Gasteiger partial charge in [-0.05, 0) is 88.2 Å². The van der Waals surface area contributed by atoms with Gasteiger partial charge in [-0.25, -0.2) is 0 Å². The number of aryl methyl sites for hydroxylation is 2. The Labute approximate surface area is 255 Å². The summed E-state index contributed by atoms with van der Waals surface area (Å²) in [4.78, 5) is 46.9. The van der Waals surface area contributed by atoms with Gasteiger partial charge in [0, 0.05) is 38.7 Å². The molecule has 0 bridgehead atoms. The number of piperidine rings is 1. The molecule has 0 aliphatic carbocycles. The van der Waals surface area contributed by atoms with E-state index in [0.717, 1.165) is 94.7 Å². The van der Waals surface area contributed by atoms with Crippen molar-refractivity contribution in [2.45, 2.75) is 77.2 Å². The third kappa shape index (κ3) is 8.13. The van der Waals surface area contributed by atoms with Crippen LogP contribution in [0.1, 0.15) is 81.3 Å². The van der Waals surface area contributed by atoms with Crippen LogP contribution >= 0.6 is 0 Å². The number of nitrogens with zero attached hydrogens (tertiary/aromatic N) is 3. The van der Waals surface area contributed by atoms with Gasteiger partial charge in [-0.3, -0.25) is 19.4 Å². The van der Waals surface area contributed by atoms with Gasteiger partial charge in [0.25, 0.3) is 0 Å². The van der Waals surface area contributed by atoms with Crippen molar-refractivity contribution in [3.05, 3.63) is 59.4 Å². The molecule has 2 aromatic rings. The summed E-state index contributed by atoms with van der Waals surface area (Å²) < 4.78 is 5.97. The van der Waals surface area contributed by atoms with Crippen molar-refractivity contribution in [2.24, 2.45) is 5.41 Å². The van der Waals surface area contributed by atoms with Crippen LogP contribution in [0.15, 0.2) is 42.5 Å². The van der Waals surface area contributed by atoms with Gasteiger partial charge in [0.15, 0.2) is 0 Å². The minimum absolute atomic E-state index is 0.0226. The number of pyridine rings is 1. The molecule has 9 nitrogen and oxygen atoms in total. The van der Waals surface area contributed by atoms with Crippen LogP contribution in [-0.4, -0.2) is 78.4 Å². The number of likely N-dealkylation sites (tertiary alicyclic amines) is 2. The first-order chi connectivity index (χ1) is 20.9. The summed E-state index contributed by atoms with van der Waals surface area (Å²) in [6.07, 6.45) is 8.52. The van der Waals surface area contributed by atoms with E-state index in [0.29, 0.717) is 32.5 Å².